The van der Waals surface area contributed by atoms with Crippen molar-refractivity contribution in [1.82, 2.24) is 30.2 Å². The van der Waals surface area contributed by atoms with E-state index in [1.807, 2.05) is 54.1 Å². The maximum atomic E-state index is 12.9. The van der Waals surface area contributed by atoms with E-state index in [-0.39, 0.29) is 10.8 Å². The van der Waals surface area contributed by atoms with E-state index >= 15 is 0 Å². The van der Waals surface area contributed by atoms with Crippen LogP contribution in [0.4, 0.5) is 0 Å². The van der Waals surface area contributed by atoms with Crippen LogP contribution in [-0.2, 0) is 0 Å². The van der Waals surface area contributed by atoms with Gasteiger partial charge in [-0.15, -0.1) is 27.8 Å². The van der Waals surface area contributed by atoms with E-state index in [4.69, 9.17) is 9.72 Å². The zero-order valence-electron chi connectivity index (χ0n) is 16.5. The molecular weight excluding hydrogens is 452 g/mol. The molecule has 1 atom stereocenters. The Morgan fingerprint density at radius 2 is 2.06 bits per heavy atom. The monoisotopic (exact) mass is 468 g/mol. The number of nitrogens with zero attached hydrogens (tertiary/aromatic N) is 5. The normalized spacial score (nSPS) is 12.3. The van der Waals surface area contributed by atoms with Gasteiger partial charge >= 0.3 is 0 Å². The molecule has 0 radical (unpaired) electrons. The predicted molar refractivity (Wildman–Crippen MR) is 124 cm³/mol. The van der Waals surface area contributed by atoms with Crippen LogP contribution in [0.3, 0.4) is 0 Å². The largest absolute Gasteiger partial charge is 0.494 e. The predicted octanol–water partition coefficient (Wildman–Crippen LogP) is 4.55. The molecule has 0 aliphatic carbocycles. The van der Waals surface area contributed by atoms with Crippen molar-refractivity contribution in [3.05, 3.63) is 63.3 Å². The van der Waals surface area contributed by atoms with Gasteiger partial charge in [-0.2, -0.15) is 4.68 Å². The van der Waals surface area contributed by atoms with Crippen molar-refractivity contribution >= 4 is 44.7 Å². The number of fused-ring (bicyclic) bond motifs is 1. The van der Waals surface area contributed by atoms with E-state index < -0.39 is 0 Å². The molecule has 0 aliphatic heterocycles. The van der Waals surface area contributed by atoms with Crippen LogP contribution >= 0.6 is 34.4 Å². The molecule has 0 amide bonds. The van der Waals surface area contributed by atoms with Crippen molar-refractivity contribution in [1.29, 1.82) is 0 Å². The number of para-hydroxylation sites is 2. The van der Waals surface area contributed by atoms with E-state index in [1.54, 1.807) is 23.1 Å². The minimum Gasteiger partial charge on any atom is -0.494 e. The standard InChI is InChI=1S/C20H16N6O2S3/c1-11(31-20-23-24-25-26(20)13-6-3-4-7-14(13)28-2)17-21-18(27)16-12(10-30-19(16)22-17)15-8-5-9-29-15/h3-11H,1-2H3,(H,21,22,27). The van der Waals surface area contributed by atoms with E-state index in [1.165, 1.54) is 23.1 Å². The van der Waals surface area contributed by atoms with Crippen LogP contribution in [0.2, 0.25) is 0 Å². The third-order valence-electron chi connectivity index (χ3n) is 4.67. The molecule has 0 saturated carbocycles. The molecule has 5 aromatic rings. The van der Waals surface area contributed by atoms with E-state index in [0.717, 1.165) is 21.0 Å². The first-order valence-corrected chi connectivity index (χ1v) is 11.9. The summed E-state index contributed by atoms with van der Waals surface area (Å²) in [5, 5.41) is 17.1. The summed E-state index contributed by atoms with van der Waals surface area (Å²) in [5.74, 6) is 1.24. The van der Waals surface area contributed by atoms with Crippen molar-refractivity contribution < 1.29 is 4.74 Å². The summed E-state index contributed by atoms with van der Waals surface area (Å²) in [6.45, 7) is 1.96. The van der Waals surface area contributed by atoms with Gasteiger partial charge in [0.2, 0.25) is 5.16 Å². The summed E-state index contributed by atoms with van der Waals surface area (Å²) < 4.78 is 7.05. The van der Waals surface area contributed by atoms with Crippen LogP contribution in [0.5, 0.6) is 5.75 Å². The molecular formula is C20H16N6O2S3. The quantitative estimate of drug-likeness (QED) is 0.365. The maximum Gasteiger partial charge on any atom is 0.260 e. The van der Waals surface area contributed by atoms with Crippen molar-refractivity contribution in [3.8, 4) is 21.9 Å². The lowest BCUT2D eigenvalue weighted by atomic mass is 10.2. The van der Waals surface area contributed by atoms with Gasteiger partial charge < -0.3 is 9.72 Å². The van der Waals surface area contributed by atoms with Gasteiger partial charge in [-0.05, 0) is 40.9 Å². The van der Waals surface area contributed by atoms with Gasteiger partial charge in [-0.25, -0.2) is 4.98 Å². The van der Waals surface area contributed by atoms with E-state index in [9.17, 15) is 4.79 Å². The topological polar surface area (TPSA) is 98.6 Å². The fraction of sp³-hybridized carbons (Fsp3) is 0.150. The molecule has 4 heterocycles. The van der Waals surface area contributed by atoms with Gasteiger partial charge in [0.1, 0.15) is 22.1 Å². The Balaban J connectivity index is 1.48. The van der Waals surface area contributed by atoms with Gasteiger partial charge in [0.25, 0.3) is 5.56 Å². The number of methoxy groups -OCH3 is 1. The number of ether oxygens (including phenoxy) is 1. The number of H-pyrrole nitrogens is 1. The lowest BCUT2D eigenvalue weighted by Crippen LogP contribution is -2.12. The average molecular weight is 469 g/mol. The molecule has 0 saturated heterocycles. The molecule has 0 aliphatic rings. The second-order valence-corrected chi connectivity index (χ2v) is 9.68. The first kappa shape index (κ1) is 19.9. The van der Waals surface area contributed by atoms with Gasteiger partial charge in [0.15, 0.2) is 0 Å². The van der Waals surface area contributed by atoms with E-state index in [2.05, 4.69) is 20.5 Å². The summed E-state index contributed by atoms with van der Waals surface area (Å²) in [6, 6.07) is 11.5. The van der Waals surface area contributed by atoms with Gasteiger partial charge in [-0.1, -0.05) is 30.0 Å². The van der Waals surface area contributed by atoms with Crippen molar-refractivity contribution in [2.24, 2.45) is 0 Å². The number of aromatic amines is 1. The highest BCUT2D eigenvalue weighted by Crippen LogP contribution is 2.37. The van der Waals surface area contributed by atoms with Crippen LogP contribution in [0, 0.1) is 0 Å². The second kappa shape index (κ2) is 8.25. The van der Waals surface area contributed by atoms with Crippen molar-refractivity contribution in [3.63, 3.8) is 0 Å². The zero-order chi connectivity index (χ0) is 21.4. The summed E-state index contributed by atoms with van der Waals surface area (Å²) >= 11 is 4.49. The maximum absolute atomic E-state index is 12.9. The smallest absolute Gasteiger partial charge is 0.260 e. The van der Waals surface area contributed by atoms with Crippen molar-refractivity contribution in [2.45, 2.75) is 17.3 Å². The summed E-state index contributed by atoms with van der Waals surface area (Å²) in [7, 11) is 1.61. The first-order valence-electron chi connectivity index (χ1n) is 9.29. The molecule has 156 valence electrons. The van der Waals surface area contributed by atoms with Gasteiger partial charge in [0, 0.05) is 15.8 Å². The van der Waals surface area contributed by atoms with Crippen LogP contribution in [0.15, 0.2) is 57.1 Å². The minimum absolute atomic E-state index is 0.138. The number of tetrazole rings is 1. The number of nitrogens with one attached hydrogen (secondary N) is 1. The molecule has 0 fully saturated rings. The van der Waals surface area contributed by atoms with Crippen molar-refractivity contribution in [2.75, 3.05) is 7.11 Å². The molecule has 4 aromatic heterocycles. The Bertz CT molecular complexity index is 1410. The molecule has 1 N–H and O–H groups in total. The fourth-order valence-electron chi connectivity index (χ4n) is 3.19. The number of aromatic nitrogens is 6. The lowest BCUT2D eigenvalue weighted by molar-refractivity contribution is 0.410. The molecule has 31 heavy (non-hydrogen) atoms. The number of benzene rings is 1. The van der Waals surface area contributed by atoms with E-state index in [0.29, 0.717) is 22.1 Å². The highest BCUT2D eigenvalue weighted by atomic mass is 32.2. The Morgan fingerprint density at radius 3 is 2.87 bits per heavy atom. The number of hydrogen-bond donors (Lipinski definition) is 1. The minimum atomic E-state index is -0.177. The molecule has 1 unspecified atom stereocenters. The van der Waals surface area contributed by atoms with Crippen LogP contribution in [-0.4, -0.2) is 37.3 Å². The van der Waals surface area contributed by atoms with Gasteiger partial charge in [0.05, 0.1) is 17.7 Å². The third kappa shape index (κ3) is 3.64. The van der Waals surface area contributed by atoms with Crippen LogP contribution in [0.1, 0.15) is 18.0 Å². The molecule has 1 aromatic carbocycles. The third-order valence-corrected chi connectivity index (χ3v) is 7.49. The van der Waals surface area contributed by atoms with Crippen LogP contribution in [0.25, 0.3) is 26.3 Å². The number of thioether (sulfide) groups is 1. The Labute approximate surface area is 188 Å². The molecule has 8 nitrogen and oxygen atoms in total. The van der Waals surface area contributed by atoms with Gasteiger partial charge in [-0.3, -0.25) is 4.79 Å². The Hall–Kier alpha value is -3.02. The second-order valence-electron chi connectivity index (χ2n) is 6.56. The summed E-state index contributed by atoms with van der Waals surface area (Å²) in [5.41, 5.74) is 1.53. The SMILES string of the molecule is COc1ccccc1-n1nnnc1SC(C)c1nc2scc(-c3cccs3)c2c(=O)[nH]1. The Kier molecular flexibility index (Phi) is 5.30. The zero-order valence-corrected chi connectivity index (χ0v) is 18.9. The lowest BCUT2D eigenvalue weighted by Gasteiger charge is -2.12. The van der Waals surface area contributed by atoms with Crippen LogP contribution < -0.4 is 10.3 Å². The number of hydrogen-bond acceptors (Lipinski definition) is 9. The first-order chi connectivity index (χ1) is 15.2. The number of thiophene rings is 2. The highest BCUT2D eigenvalue weighted by molar-refractivity contribution is 7.99. The number of rotatable bonds is 6. The molecule has 5 rings (SSSR count). The molecule has 0 spiro atoms. The average Bonchev–Trinajstić information content (AvgIpc) is 3.54. The highest BCUT2D eigenvalue weighted by Gasteiger charge is 2.20. The summed E-state index contributed by atoms with van der Waals surface area (Å²) in [6.07, 6.45) is 0. The fourth-order valence-corrected chi connectivity index (χ4v) is 5.82. The molecule has 11 heteroatoms. The summed E-state index contributed by atoms with van der Waals surface area (Å²) in [4.78, 5) is 22.4. The molecule has 0 bridgehead atoms. The Morgan fingerprint density at radius 1 is 1.19 bits per heavy atom.